The molecule has 1 atom stereocenters. The molecule has 2 rings (SSSR count). The summed E-state index contributed by atoms with van der Waals surface area (Å²) in [5, 5.41) is 4.24. The van der Waals surface area contributed by atoms with Crippen molar-refractivity contribution in [3.63, 3.8) is 0 Å². The van der Waals surface area contributed by atoms with Gasteiger partial charge in [0.1, 0.15) is 0 Å². The lowest BCUT2D eigenvalue weighted by atomic mass is 10.2. The van der Waals surface area contributed by atoms with Crippen LogP contribution in [0.3, 0.4) is 0 Å². The maximum absolute atomic E-state index is 12.3. The molecule has 1 heterocycles. The van der Waals surface area contributed by atoms with E-state index in [9.17, 15) is 4.79 Å². The van der Waals surface area contributed by atoms with Gasteiger partial charge in [-0.3, -0.25) is 4.79 Å². The third kappa shape index (κ3) is 3.05. The van der Waals surface area contributed by atoms with E-state index in [0.717, 1.165) is 12.1 Å². The number of benzene rings is 1. The van der Waals surface area contributed by atoms with Gasteiger partial charge in [-0.05, 0) is 32.0 Å². The van der Waals surface area contributed by atoms with E-state index in [1.807, 2.05) is 37.3 Å². The lowest BCUT2D eigenvalue weighted by Crippen LogP contribution is -2.36. The van der Waals surface area contributed by atoms with Gasteiger partial charge in [0.25, 0.3) is 5.91 Å². The molecule has 0 spiro atoms. The summed E-state index contributed by atoms with van der Waals surface area (Å²) < 4.78 is 1.70. The molecule has 1 unspecified atom stereocenters. The summed E-state index contributed by atoms with van der Waals surface area (Å²) in [5.74, 6) is -0.0341. The summed E-state index contributed by atoms with van der Waals surface area (Å²) in [7, 11) is 1.79. The first kappa shape index (κ1) is 14.3. The minimum atomic E-state index is -0.0341. The van der Waals surface area contributed by atoms with Gasteiger partial charge in [-0.15, -0.1) is 0 Å². The van der Waals surface area contributed by atoms with E-state index in [4.69, 9.17) is 5.73 Å². The number of para-hydroxylation sites is 1. The van der Waals surface area contributed by atoms with Crippen molar-refractivity contribution in [1.82, 2.24) is 14.7 Å². The van der Waals surface area contributed by atoms with Gasteiger partial charge in [-0.2, -0.15) is 5.10 Å². The molecule has 0 aliphatic heterocycles. The Kier molecular flexibility index (Phi) is 4.53. The standard InChI is InChI=1S/C15H20N4O/c1-12(8-9-16)18(2)15(20)13-10-17-19(11-13)14-6-4-3-5-7-14/h3-7,10-12H,8-9,16H2,1-2H3. The average Bonchev–Trinajstić information content (AvgIpc) is 2.96. The molecule has 1 aromatic carbocycles. The van der Waals surface area contributed by atoms with E-state index < -0.39 is 0 Å². The van der Waals surface area contributed by atoms with Crippen molar-refractivity contribution in [1.29, 1.82) is 0 Å². The number of carbonyl (C=O) groups is 1. The Morgan fingerprint density at radius 3 is 2.75 bits per heavy atom. The molecule has 2 aromatic rings. The van der Waals surface area contributed by atoms with E-state index in [1.54, 1.807) is 29.0 Å². The second-order valence-corrected chi connectivity index (χ2v) is 4.85. The topological polar surface area (TPSA) is 64.2 Å². The molecule has 0 bridgehead atoms. The Labute approximate surface area is 119 Å². The Hall–Kier alpha value is -2.14. The highest BCUT2D eigenvalue weighted by Crippen LogP contribution is 2.11. The fraction of sp³-hybridized carbons (Fsp3) is 0.333. The largest absolute Gasteiger partial charge is 0.339 e. The fourth-order valence-electron chi connectivity index (χ4n) is 1.99. The zero-order valence-corrected chi connectivity index (χ0v) is 11.9. The summed E-state index contributed by atoms with van der Waals surface area (Å²) in [6.45, 7) is 2.56. The molecular weight excluding hydrogens is 252 g/mol. The van der Waals surface area contributed by atoms with E-state index in [2.05, 4.69) is 5.10 Å². The van der Waals surface area contributed by atoms with Crippen LogP contribution in [0.25, 0.3) is 5.69 Å². The first-order chi connectivity index (χ1) is 9.63. The SMILES string of the molecule is CC(CCN)N(C)C(=O)c1cnn(-c2ccccc2)c1. The Morgan fingerprint density at radius 2 is 2.10 bits per heavy atom. The Morgan fingerprint density at radius 1 is 1.40 bits per heavy atom. The van der Waals surface area contributed by atoms with Gasteiger partial charge in [0.15, 0.2) is 0 Å². The van der Waals surface area contributed by atoms with Crippen molar-refractivity contribution < 1.29 is 4.79 Å². The number of hydrogen-bond acceptors (Lipinski definition) is 3. The van der Waals surface area contributed by atoms with Crippen LogP contribution < -0.4 is 5.73 Å². The van der Waals surface area contributed by atoms with Crippen LogP contribution in [0.5, 0.6) is 0 Å². The molecule has 106 valence electrons. The number of rotatable bonds is 5. The molecule has 0 aliphatic rings. The van der Waals surface area contributed by atoms with Crippen LogP contribution in [-0.4, -0.2) is 40.2 Å². The highest BCUT2D eigenvalue weighted by atomic mass is 16.2. The number of amides is 1. The normalized spacial score (nSPS) is 12.2. The second-order valence-electron chi connectivity index (χ2n) is 4.85. The van der Waals surface area contributed by atoms with Crippen molar-refractivity contribution >= 4 is 5.91 Å². The van der Waals surface area contributed by atoms with Gasteiger partial charge in [0.2, 0.25) is 0 Å². The number of carbonyl (C=O) groups excluding carboxylic acids is 1. The van der Waals surface area contributed by atoms with Crippen LogP contribution in [0.2, 0.25) is 0 Å². The predicted molar refractivity (Wildman–Crippen MR) is 78.8 cm³/mol. The van der Waals surface area contributed by atoms with Crippen molar-refractivity contribution in [3.8, 4) is 5.69 Å². The Balaban J connectivity index is 2.14. The first-order valence-electron chi connectivity index (χ1n) is 6.71. The summed E-state index contributed by atoms with van der Waals surface area (Å²) >= 11 is 0. The number of hydrogen-bond donors (Lipinski definition) is 1. The summed E-state index contributed by atoms with van der Waals surface area (Å²) in [6, 6.07) is 9.83. The summed E-state index contributed by atoms with van der Waals surface area (Å²) in [5.41, 5.74) is 7.05. The van der Waals surface area contributed by atoms with Crippen LogP contribution in [0, 0.1) is 0 Å². The maximum Gasteiger partial charge on any atom is 0.257 e. The highest BCUT2D eigenvalue weighted by molar-refractivity contribution is 5.93. The van der Waals surface area contributed by atoms with Gasteiger partial charge in [0, 0.05) is 19.3 Å². The first-order valence-corrected chi connectivity index (χ1v) is 6.71. The van der Waals surface area contributed by atoms with Crippen LogP contribution in [0.15, 0.2) is 42.7 Å². The smallest absolute Gasteiger partial charge is 0.257 e. The minimum Gasteiger partial charge on any atom is -0.339 e. The lowest BCUT2D eigenvalue weighted by Gasteiger charge is -2.23. The molecule has 20 heavy (non-hydrogen) atoms. The second kappa shape index (κ2) is 6.34. The quantitative estimate of drug-likeness (QED) is 0.900. The maximum atomic E-state index is 12.3. The number of aromatic nitrogens is 2. The average molecular weight is 272 g/mol. The van der Waals surface area contributed by atoms with Crippen molar-refractivity contribution in [2.24, 2.45) is 5.73 Å². The van der Waals surface area contributed by atoms with Gasteiger partial charge in [0.05, 0.1) is 17.4 Å². The molecule has 0 saturated heterocycles. The van der Waals surface area contributed by atoms with Gasteiger partial charge >= 0.3 is 0 Å². The van der Waals surface area contributed by atoms with Crippen molar-refractivity contribution in [2.45, 2.75) is 19.4 Å². The molecule has 1 amide bonds. The summed E-state index contributed by atoms with van der Waals surface area (Å²) in [4.78, 5) is 14.0. The van der Waals surface area contributed by atoms with E-state index in [0.29, 0.717) is 12.1 Å². The molecule has 0 saturated carbocycles. The van der Waals surface area contributed by atoms with E-state index in [-0.39, 0.29) is 11.9 Å². The lowest BCUT2D eigenvalue weighted by molar-refractivity contribution is 0.0739. The predicted octanol–water partition coefficient (Wildman–Crippen LogP) is 1.68. The zero-order valence-electron chi connectivity index (χ0n) is 11.9. The zero-order chi connectivity index (χ0) is 14.5. The number of nitrogens with zero attached hydrogens (tertiary/aromatic N) is 3. The molecule has 0 radical (unpaired) electrons. The third-order valence-corrected chi connectivity index (χ3v) is 3.42. The molecule has 5 nitrogen and oxygen atoms in total. The number of nitrogens with two attached hydrogens (primary N) is 1. The van der Waals surface area contributed by atoms with Gasteiger partial charge < -0.3 is 10.6 Å². The van der Waals surface area contributed by atoms with Crippen molar-refractivity contribution in [2.75, 3.05) is 13.6 Å². The fourth-order valence-corrected chi connectivity index (χ4v) is 1.99. The highest BCUT2D eigenvalue weighted by Gasteiger charge is 2.18. The van der Waals surface area contributed by atoms with Gasteiger partial charge in [-0.1, -0.05) is 18.2 Å². The van der Waals surface area contributed by atoms with Crippen LogP contribution >= 0.6 is 0 Å². The molecule has 5 heteroatoms. The van der Waals surface area contributed by atoms with Crippen LogP contribution in [-0.2, 0) is 0 Å². The molecule has 0 fully saturated rings. The van der Waals surface area contributed by atoms with E-state index in [1.165, 1.54) is 0 Å². The molecular formula is C15H20N4O. The Bertz CT molecular complexity index is 564. The van der Waals surface area contributed by atoms with E-state index >= 15 is 0 Å². The van der Waals surface area contributed by atoms with Crippen LogP contribution in [0.4, 0.5) is 0 Å². The monoisotopic (exact) mass is 272 g/mol. The van der Waals surface area contributed by atoms with Crippen molar-refractivity contribution in [3.05, 3.63) is 48.3 Å². The molecule has 0 aliphatic carbocycles. The minimum absolute atomic E-state index is 0.0341. The third-order valence-electron chi connectivity index (χ3n) is 3.42. The van der Waals surface area contributed by atoms with Crippen LogP contribution in [0.1, 0.15) is 23.7 Å². The van der Waals surface area contributed by atoms with Gasteiger partial charge in [-0.25, -0.2) is 4.68 Å². The summed E-state index contributed by atoms with van der Waals surface area (Å²) in [6.07, 6.45) is 4.14. The molecule has 2 N–H and O–H groups in total. The molecule has 1 aromatic heterocycles.